The molecule has 158 valence electrons. The monoisotopic (exact) mass is 451 g/mol. The molecule has 0 saturated carbocycles. The van der Waals surface area contributed by atoms with Crippen molar-refractivity contribution in [1.29, 1.82) is 0 Å². The Labute approximate surface area is 174 Å². The zero-order chi connectivity index (χ0) is 21.0. The molecule has 11 nitrogen and oxygen atoms in total. The van der Waals surface area contributed by atoms with Crippen LogP contribution in [0.4, 0.5) is 5.82 Å². The molecule has 0 radical (unpaired) electrons. The predicted molar refractivity (Wildman–Crippen MR) is 106 cm³/mol. The second-order valence-corrected chi connectivity index (χ2v) is 9.37. The van der Waals surface area contributed by atoms with Gasteiger partial charge in [-0.25, -0.2) is 19.5 Å². The summed E-state index contributed by atoms with van der Waals surface area (Å²) in [5.41, 5.74) is 7.77. The van der Waals surface area contributed by atoms with Gasteiger partial charge in [0.2, 0.25) is 0 Å². The van der Waals surface area contributed by atoms with Crippen molar-refractivity contribution >= 4 is 36.6 Å². The number of anilines is 1. The number of hydrogen-bond donors (Lipinski definition) is 3. The summed E-state index contributed by atoms with van der Waals surface area (Å²) in [6.45, 7) is 1.79. The van der Waals surface area contributed by atoms with E-state index >= 15 is 0 Å². The summed E-state index contributed by atoms with van der Waals surface area (Å²) >= 11 is 1.36. The SMILES string of the molecule is Cc1ccccc1Sc1nc2c(N)ncnc2n1[C@@H]1O[C@@H]2COP(=O)(O)O[C@H]2[C@H]1O. The molecule has 5 rings (SSSR count). The van der Waals surface area contributed by atoms with Gasteiger partial charge in [0.1, 0.15) is 24.6 Å². The van der Waals surface area contributed by atoms with Crippen LogP contribution in [-0.2, 0) is 18.3 Å². The Morgan fingerprint density at radius 1 is 1.33 bits per heavy atom. The van der Waals surface area contributed by atoms with Gasteiger partial charge in [0.25, 0.3) is 0 Å². The second-order valence-electron chi connectivity index (χ2n) is 6.95. The molecule has 1 unspecified atom stereocenters. The van der Waals surface area contributed by atoms with Gasteiger partial charge in [0.05, 0.1) is 6.61 Å². The van der Waals surface area contributed by atoms with Gasteiger partial charge < -0.3 is 20.5 Å². The van der Waals surface area contributed by atoms with E-state index in [1.54, 1.807) is 4.57 Å². The van der Waals surface area contributed by atoms with E-state index in [0.29, 0.717) is 16.3 Å². The number of rotatable bonds is 3. The van der Waals surface area contributed by atoms with Gasteiger partial charge in [-0.05, 0) is 18.6 Å². The third-order valence-electron chi connectivity index (χ3n) is 4.99. The highest BCUT2D eigenvalue weighted by Gasteiger charge is 2.53. The van der Waals surface area contributed by atoms with E-state index in [1.165, 1.54) is 18.1 Å². The minimum atomic E-state index is -4.24. The van der Waals surface area contributed by atoms with Crippen molar-refractivity contribution in [2.45, 2.75) is 41.5 Å². The maximum atomic E-state index is 11.8. The number of hydrogen-bond acceptors (Lipinski definition) is 10. The summed E-state index contributed by atoms with van der Waals surface area (Å²) < 4.78 is 29.2. The third kappa shape index (κ3) is 3.30. The van der Waals surface area contributed by atoms with Crippen LogP contribution < -0.4 is 5.73 Å². The number of ether oxygens (including phenoxy) is 1. The Bertz CT molecular complexity index is 1170. The lowest BCUT2D eigenvalue weighted by Crippen LogP contribution is -2.39. The summed E-state index contributed by atoms with van der Waals surface area (Å²) in [7, 11) is -4.24. The van der Waals surface area contributed by atoms with Crippen LogP contribution >= 0.6 is 19.6 Å². The number of aliphatic hydroxyl groups is 1. The average Bonchev–Trinajstić information content (AvgIpc) is 3.21. The molecule has 1 aromatic carbocycles. The first-order valence-electron chi connectivity index (χ1n) is 9.05. The van der Waals surface area contributed by atoms with Gasteiger partial charge in [0, 0.05) is 4.90 Å². The number of aryl methyl sites for hydroxylation is 1. The van der Waals surface area contributed by atoms with Crippen molar-refractivity contribution in [2.75, 3.05) is 12.3 Å². The maximum Gasteiger partial charge on any atom is 0.472 e. The van der Waals surface area contributed by atoms with E-state index in [0.717, 1.165) is 10.5 Å². The maximum absolute atomic E-state index is 11.8. The number of fused-ring (bicyclic) bond motifs is 2. The summed E-state index contributed by atoms with van der Waals surface area (Å²) in [6, 6.07) is 7.77. The van der Waals surface area contributed by atoms with Crippen LogP contribution in [0.15, 0.2) is 40.6 Å². The molecule has 2 saturated heterocycles. The topological polar surface area (TPSA) is 155 Å². The van der Waals surface area contributed by atoms with E-state index in [1.807, 2.05) is 31.2 Å². The lowest BCUT2D eigenvalue weighted by Gasteiger charge is -2.27. The first-order chi connectivity index (χ1) is 14.3. The Balaban J connectivity index is 1.60. The molecule has 2 aliphatic heterocycles. The number of nitrogens with two attached hydrogens (primary N) is 1. The highest BCUT2D eigenvalue weighted by molar-refractivity contribution is 7.99. The predicted octanol–water partition coefficient (Wildman–Crippen LogP) is 1.64. The van der Waals surface area contributed by atoms with Crippen LogP contribution in [0.1, 0.15) is 11.8 Å². The molecule has 0 bridgehead atoms. The van der Waals surface area contributed by atoms with Gasteiger partial charge in [-0.3, -0.25) is 13.6 Å². The fourth-order valence-electron chi connectivity index (χ4n) is 3.53. The first kappa shape index (κ1) is 19.9. The molecular formula is C17H18N5O6PS. The number of imidazole rings is 1. The number of aliphatic hydroxyl groups excluding tert-OH is 1. The van der Waals surface area contributed by atoms with Crippen LogP contribution in [0.5, 0.6) is 0 Å². The highest BCUT2D eigenvalue weighted by Crippen LogP contribution is 2.53. The molecule has 2 fully saturated rings. The van der Waals surface area contributed by atoms with E-state index < -0.39 is 32.4 Å². The van der Waals surface area contributed by atoms with Gasteiger partial charge in [-0.1, -0.05) is 30.0 Å². The van der Waals surface area contributed by atoms with Crippen molar-refractivity contribution in [2.24, 2.45) is 0 Å². The Hall–Kier alpha value is -2.05. The lowest BCUT2D eigenvalue weighted by atomic mass is 10.1. The Kier molecular flexibility index (Phi) is 4.82. The van der Waals surface area contributed by atoms with Crippen LogP contribution in [0, 0.1) is 6.92 Å². The smallest absolute Gasteiger partial charge is 0.386 e. The largest absolute Gasteiger partial charge is 0.472 e. The van der Waals surface area contributed by atoms with Crippen LogP contribution in [-0.4, -0.2) is 54.4 Å². The Morgan fingerprint density at radius 2 is 2.13 bits per heavy atom. The molecule has 13 heteroatoms. The minimum Gasteiger partial charge on any atom is -0.386 e. The van der Waals surface area contributed by atoms with Crippen molar-refractivity contribution in [3.8, 4) is 0 Å². The molecule has 0 spiro atoms. The molecule has 5 atom stereocenters. The molecule has 2 aromatic heterocycles. The molecule has 0 aliphatic carbocycles. The fraction of sp³-hybridized carbons (Fsp3) is 0.353. The quantitative estimate of drug-likeness (QED) is 0.498. The van der Waals surface area contributed by atoms with Gasteiger partial charge >= 0.3 is 7.82 Å². The van der Waals surface area contributed by atoms with Gasteiger partial charge in [0.15, 0.2) is 28.4 Å². The average molecular weight is 451 g/mol. The molecule has 2 aliphatic rings. The van der Waals surface area contributed by atoms with Gasteiger partial charge in [-0.15, -0.1) is 0 Å². The van der Waals surface area contributed by atoms with Crippen molar-refractivity contribution in [3.05, 3.63) is 36.2 Å². The lowest BCUT2D eigenvalue weighted by molar-refractivity contribution is -0.0684. The Morgan fingerprint density at radius 3 is 2.93 bits per heavy atom. The van der Waals surface area contributed by atoms with Crippen molar-refractivity contribution in [1.82, 2.24) is 19.5 Å². The zero-order valence-corrected chi connectivity index (χ0v) is 17.4. The normalized spacial score (nSPS) is 31.2. The molecule has 3 aromatic rings. The van der Waals surface area contributed by atoms with Gasteiger partial charge in [-0.2, -0.15) is 0 Å². The fourth-order valence-corrected chi connectivity index (χ4v) is 5.49. The van der Waals surface area contributed by atoms with Crippen LogP contribution in [0.25, 0.3) is 11.2 Å². The number of phosphoric ester groups is 1. The van der Waals surface area contributed by atoms with Crippen LogP contribution in [0.3, 0.4) is 0 Å². The summed E-state index contributed by atoms with van der Waals surface area (Å²) in [4.78, 5) is 23.4. The molecular weight excluding hydrogens is 433 g/mol. The van der Waals surface area contributed by atoms with Crippen molar-refractivity contribution < 1.29 is 28.3 Å². The number of nitrogens with zero attached hydrogens (tertiary/aromatic N) is 4. The van der Waals surface area contributed by atoms with Crippen molar-refractivity contribution in [3.63, 3.8) is 0 Å². The molecule has 0 amide bonds. The third-order valence-corrected chi connectivity index (χ3v) is 7.12. The number of nitrogen functional groups attached to an aromatic ring is 1. The highest BCUT2D eigenvalue weighted by atomic mass is 32.2. The molecule has 4 N–H and O–H groups in total. The van der Waals surface area contributed by atoms with E-state index in [2.05, 4.69) is 15.0 Å². The first-order valence-corrected chi connectivity index (χ1v) is 11.4. The summed E-state index contributed by atoms with van der Waals surface area (Å²) in [6.07, 6.45) is -2.70. The zero-order valence-electron chi connectivity index (χ0n) is 15.7. The minimum absolute atomic E-state index is 0.184. The summed E-state index contributed by atoms with van der Waals surface area (Å²) in [5, 5.41) is 11.4. The molecule has 30 heavy (non-hydrogen) atoms. The number of phosphoric acid groups is 1. The molecule has 4 heterocycles. The number of aromatic nitrogens is 4. The van der Waals surface area contributed by atoms with E-state index in [-0.39, 0.29) is 12.4 Å². The van der Waals surface area contributed by atoms with E-state index in [4.69, 9.17) is 19.5 Å². The standard InChI is InChI=1S/C17H18N5O6PS/c1-8-4-2-3-5-10(8)30-17-21-11-14(18)19-7-20-15(11)22(17)16-12(23)13-9(27-16)6-26-29(24,25)28-13/h2-5,7,9,12-13,16,23H,6H2,1H3,(H,24,25)(H2,18,19,20)/t9-,12-,13-,16-/m1/s1. The number of benzene rings is 1. The van der Waals surface area contributed by atoms with Crippen LogP contribution in [0.2, 0.25) is 0 Å². The second kappa shape index (κ2) is 7.27. The van der Waals surface area contributed by atoms with E-state index in [9.17, 15) is 14.6 Å². The summed E-state index contributed by atoms with van der Waals surface area (Å²) in [5.74, 6) is 0.190.